The number of nitrogens with zero attached hydrogens (tertiary/aromatic N) is 1. The van der Waals surface area contributed by atoms with Crippen LogP contribution in [0, 0.1) is 11.8 Å². The number of nitrogens with one attached hydrogen (secondary N) is 2. The van der Waals surface area contributed by atoms with Crippen LogP contribution in [-0.4, -0.2) is 35.0 Å². The summed E-state index contributed by atoms with van der Waals surface area (Å²) in [5, 5.41) is 5.50. The van der Waals surface area contributed by atoms with Gasteiger partial charge in [0.1, 0.15) is 6.26 Å². The highest BCUT2D eigenvalue weighted by atomic mass is 16.4. The van der Waals surface area contributed by atoms with Crippen LogP contribution in [0.2, 0.25) is 0 Å². The molecule has 8 nitrogen and oxygen atoms in total. The predicted octanol–water partition coefficient (Wildman–Crippen LogP) is 2.04. The van der Waals surface area contributed by atoms with Gasteiger partial charge < -0.3 is 19.5 Å². The maximum absolute atomic E-state index is 12.7. The average Bonchev–Trinajstić information content (AvgIpc) is 3.27. The third-order valence-corrected chi connectivity index (χ3v) is 4.42. The molecule has 2 unspecified atom stereocenters. The molecule has 26 heavy (non-hydrogen) atoms. The van der Waals surface area contributed by atoms with Crippen LogP contribution in [0.5, 0.6) is 0 Å². The maximum atomic E-state index is 12.7. The predicted molar refractivity (Wildman–Crippen MR) is 92.2 cm³/mol. The molecule has 1 amide bonds. The van der Waals surface area contributed by atoms with E-state index in [0.29, 0.717) is 18.7 Å². The molecule has 1 aliphatic heterocycles. The van der Waals surface area contributed by atoms with E-state index in [-0.39, 0.29) is 24.1 Å². The second-order valence-corrected chi connectivity index (χ2v) is 6.68. The van der Waals surface area contributed by atoms with Gasteiger partial charge >= 0.3 is 0 Å². The smallest absolute Gasteiger partial charge is 0.295 e. The Bertz CT molecular complexity index is 794. The Morgan fingerprint density at radius 2 is 2.23 bits per heavy atom. The first-order valence-corrected chi connectivity index (χ1v) is 8.55. The van der Waals surface area contributed by atoms with Gasteiger partial charge in [0.15, 0.2) is 11.5 Å². The summed E-state index contributed by atoms with van der Waals surface area (Å²) in [7, 11) is 0. The number of carbonyl (C=O) groups excluding carboxylic acids is 3. The average molecular weight is 359 g/mol. The Morgan fingerprint density at radius 3 is 2.92 bits per heavy atom. The van der Waals surface area contributed by atoms with E-state index in [1.54, 1.807) is 12.3 Å². The first kappa shape index (κ1) is 17.9. The van der Waals surface area contributed by atoms with Crippen molar-refractivity contribution in [3.63, 3.8) is 0 Å². The number of hydrogen-bond donors (Lipinski definition) is 2. The van der Waals surface area contributed by atoms with Crippen molar-refractivity contribution in [3.8, 4) is 11.3 Å². The fourth-order valence-electron chi connectivity index (χ4n) is 2.96. The normalized spacial score (nSPS) is 18.7. The number of anilines is 1. The van der Waals surface area contributed by atoms with E-state index in [4.69, 9.17) is 8.83 Å². The van der Waals surface area contributed by atoms with E-state index in [2.05, 4.69) is 15.6 Å². The zero-order valence-electron chi connectivity index (χ0n) is 14.7. The van der Waals surface area contributed by atoms with E-state index in [1.807, 2.05) is 13.8 Å². The van der Waals surface area contributed by atoms with Crippen molar-refractivity contribution in [3.05, 3.63) is 24.8 Å². The van der Waals surface area contributed by atoms with Gasteiger partial charge in [0.05, 0.1) is 24.1 Å². The molecule has 0 aliphatic carbocycles. The molecular formula is C18H21N3O5. The van der Waals surface area contributed by atoms with Crippen molar-refractivity contribution < 1.29 is 23.2 Å². The summed E-state index contributed by atoms with van der Waals surface area (Å²) < 4.78 is 10.6. The summed E-state index contributed by atoms with van der Waals surface area (Å²) in [6, 6.07) is 1.40. The number of aromatic nitrogens is 1. The highest BCUT2D eigenvalue weighted by Crippen LogP contribution is 2.25. The highest BCUT2D eigenvalue weighted by molar-refractivity contribution is 6.37. The zero-order chi connectivity index (χ0) is 18.7. The number of rotatable bonds is 7. The second kappa shape index (κ2) is 7.55. The first-order valence-electron chi connectivity index (χ1n) is 8.55. The van der Waals surface area contributed by atoms with E-state index < -0.39 is 23.7 Å². The van der Waals surface area contributed by atoms with Gasteiger partial charge in [0, 0.05) is 18.9 Å². The van der Waals surface area contributed by atoms with Crippen LogP contribution in [-0.2, 0) is 14.4 Å². The SMILES string of the molecule is CC(C)C(Nc1ncc(-c2ccoc2)o1)C(=O)CC1CCNC(=O)C1=O. The topological polar surface area (TPSA) is 114 Å². The lowest BCUT2D eigenvalue weighted by Crippen LogP contribution is -2.45. The molecule has 2 atom stereocenters. The number of amides is 1. The van der Waals surface area contributed by atoms with Crippen LogP contribution < -0.4 is 10.6 Å². The van der Waals surface area contributed by atoms with Crippen molar-refractivity contribution in [2.75, 3.05) is 11.9 Å². The van der Waals surface area contributed by atoms with Gasteiger partial charge in [-0.15, -0.1) is 0 Å². The van der Waals surface area contributed by atoms with Crippen molar-refractivity contribution in [1.82, 2.24) is 10.3 Å². The standard InChI is InChI=1S/C18H21N3O5/c1-10(2)15(13(22)7-11-3-5-19-17(24)16(11)23)21-18-20-8-14(26-18)12-4-6-25-9-12/h4,6,8-11,15H,3,5,7H2,1-2H3,(H,19,24)(H,20,21). The molecule has 2 aromatic heterocycles. The summed E-state index contributed by atoms with van der Waals surface area (Å²) in [6.07, 6.45) is 5.12. The number of piperidine rings is 1. The molecule has 0 bridgehead atoms. The molecule has 3 heterocycles. The molecule has 1 fully saturated rings. The third kappa shape index (κ3) is 3.84. The summed E-state index contributed by atoms with van der Waals surface area (Å²) in [5.41, 5.74) is 0.747. The van der Waals surface area contributed by atoms with Crippen molar-refractivity contribution in [2.24, 2.45) is 11.8 Å². The monoisotopic (exact) mass is 359 g/mol. The number of hydrogen-bond acceptors (Lipinski definition) is 7. The van der Waals surface area contributed by atoms with Crippen molar-refractivity contribution in [2.45, 2.75) is 32.7 Å². The van der Waals surface area contributed by atoms with Crippen molar-refractivity contribution >= 4 is 23.5 Å². The minimum Gasteiger partial charge on any atom is -0.472 e. The van der Waals surface area contributed by atoms with E-state index in [9.17, 15) is 14.4 Å². The van der Waals surface area contributed by atoms with Gasteiger partial charge in [-0.3, -0.25) is 14.4 Å². The minimum atomic E-state index is -0.611. The Morgan fingerprint density at radius 1 is 1.42 bits per heavy atom. The van der Waals surface area contributed by atoms with E-state index >= 15 is 0 Å². The third-order valence-electron chi connectivity index (χ3n) is 4.42. The molecule has 0 radical (unpaired) electrons. The van der Waals surface area contributed by atoms with Gasteiger partial charge in [0.2, 0.25) is 5.78 Å². The van der Waals surface area contributed by atoms with Crippen LogP contribution >= 0.6 is 0 Å². The summed E-state index contributed by atoms with van der Waals surface area (Å²) in [4.78, 5) is 40.3. The fraction of sp³-hybridized carbons (Fsp3) is 0.444. The zero-order valence-corrected chi connectivity index (χ0v) is 14.7. The second-order valence-electron chi connectivity index (χ2n) is 6.68. The highest BCUT2D eigenvalue weighted by Gasteiger charge is 2.34. The van der Waals surface area contributed by atoms with Gasteiger partial charge in [-0.05, 0) is 18.4 Å². The maximum Gasteiger partial charge on any atom is 0.295 e. The lowest BCUT2D eigenvalue weighted by atomic mass is 9.87. The summed E-state index contributed by atoms with van der Waals surface area (Å²) >= 11 is 0. The molecule has 3 rings (SSSR count). The molecule has 8 heteroatoms. The number of carbonyl (C=O) groups is 3. The molecule has 1 saturated heterocycles. The lowest BCUT2D eigenvalue weighted by molar-refractivity contribution is -0.143. The van der Waals surface area contributed by atoms with Gasteiger partial charge in [-0.1, -0.05) is 13.8 Å². The molecule has 2 aromatic rings. The molecule has 0 spiro atoms. The number of Topliss-reactive ketones (excluding diaryl/α,β-unsaturated/α-hetero) is 2. The van der Waals surface area contributed by atoms with Crippen LogP contribution in [0.1, 0.15) is 26.7 Å². The lowest BCUT2D eigenvalue weighted by Gasteiger charge is -2.24. The number of furan rings is 1. The van der Waals surface area contributed by atoms with Gasteiger partial charge in [0.25, 0.3) is 11.9 Å². The summed E-state index contributed by atoms with van der Waals surface area (Å²) in [5.74, 6) is -1.36. The van der Waals surface area contributed by atoms with Gasteiger partial charge in [-0.2, -0.15) is 0 Å². The Kier molecular flexibility index (Phi) is 5.20. The largest absolute Gasteiger partial charge is 0.472 e. The molecule has 0 aromatic carbocycles. The molecule has 138 valence electrons. The summed E-state index contributed by atoms with van der Waals surface area (Å²) in [6.45, 7) is 4.20. The number of ketones is 2. The first-order chi connectivity index (χ1) is 12.5. The number of oxazole rings is 1. The Balaban J connectivity index is 1.68. The quantitative estimate of drug-likeness (QED) is 0.727. The Hall–Kier alpha value is -2.90. The fourth-order valence-corrected chi connectivity index (χ4v) is 2.96. The van der Waals surface area contributed by atoms with Crippen LogP contribution in [0.25, 0.3) is 11.3 Å². The van der Waals surface area contributed by atoms with Crippen LogP contribution in [0.15, 0.2) is 33.6 Å². The molecule has 1 aliphatic rings. The van der Waals surface area contributed by atoms with E-state index in [0.717, 1.165) is 5.56 Å². The van der Waals surface area contributed by atoms with Crippen LogP contribution in [0.4, 0.5) is 6.01 Å². The minimum absolute atomic E-state index is 0.0252. The van der Waals surface area contributed by atoms with Crippen LogP contribution in [0.3, 0.4) is 0 Å². The molecular weight excluding hydrogens is 338 g/mol. The molecule has 0 saturated carbocycles. The van der Waals surface area contributed by atoms with E-state index in [1.165, 1.54) is 12.5 Å². The van der Waals surface area contributed by atoms with Gasteiger partial charge in [-0.25, -0.2) is 4.98 Å². The Labute approximate surface area is 150 Å². The molecule has 2 N–H and O–H groups in total. The van der Waals surface area contributed by atoms with Crippen molar-refractivity contribution in [1.29, 1.82) is 0 Å².